The third-order valence-corrected chi connectivity index (χ3v) is 5.63. The number of fused-ring (bicyclic) bond motifs is 2. The number of benzene rings is 1. The number of rotatable bonds is 3. The Morgan fingerprint density at radius 1 is 1.12 bits per heavy atom. The average molecular weight is 370 g/mol. The van der Waals surface area contributed by atoms with E-state index < -0.39 is 11.2 Å². The number of ether oxygens (including phenoxy) is 1. The van der Waals surface area contributed by atoms with Gasteiger partial charge in [-0.2, -0.15) is 5.26 Å². The zero-order chi connectivity index (χ0) is 18.1. The van der Waals surface area contributed by atoms with Crippen molar-refractivity contribution in [1.29, 1.82) is 5.26 Å². The predicted molar refractivity (Wildman–Crippen MR) is 95.3 cm³/mol. The van der Waals surface area contributed by atoms with Gasteiger partial charge < -0.3 is 4.74 Å². The molecule has 0 bridgehead atoms. The molecule has 0 saturated heterocycles. The van der Waals surface area contributed by atoms with E-state index in [9.17, 15) is 5.26 Å². The lowest BCUT2D eigenvalue weighted by molar-refractivity contribution is -0.524. The first-order valence-corrected chi connectivity index (χ1v) is 9.21. The summed E-state index contributed by atoms with van der Waals surface area (Å²) in [5, 5.41) is 9.66. The normalized spacial score (nSPS) is 18.0. The van der Waals surface area contributed by atoms with E-state index in [-0.39, 0.29) is 29.3 Å². The van der Waals surface area contributed by atoms with Crippen molar-refractivity contribution in [3.05, 3.63) is 90.0 Å². The van der Waals surface area contributed by atoms with Crippen molar-refractivity contribution in [3.8, 4) is 11.8 Å². The van der Waals surface area contributed by atoms with Crippen LogP contribution >= 0.6 is 11.2 Å². The number of nitrogens with zero attached hydrogens (tertiary/aromatic N) is 3. The first-order chi connectivity index (χ1) is 12.6. The number of hydrogen-bond donors (Lipinski definition) is 0. The second-order valence-electron chi connectivity index (χ2n) is 5.64. The van der Waals surface area contributed by atoms with Gasteiger partial charge in [-0.05, 0) is 23.8 Å². The van der Waals surface area contributed by atoms with E-state index in [1.165, 1.54) is 30.6 Å². The van der Waals surface area contributed by atoms with Crippen molar-refractivity contribution in [1.82, 2.24) is 4.31 Å². The maximum atomic E-state index is 15.1. The van der Waals surface area contributed by atoms with E-state index in [0.717, 1.165) is 13.8 Å². The van der Waals surface area contributed by atoms with E-state index in [1.807, 2.05) is 30.3 Å². The zero-order valence-corrected chi connectivity index (χ0v) is 14.4. The summed E-state index contributed by atoms with van der Waals surface area (Å²) in [7, 11) is 0. The van der Waals surface area contributed by atoms with Crippen molar-refractivity contribution in [3.63, 3.8) is 0 Å². The van der Waals surface area contributed by atoms with Crippen molar-refractivity contribution in [2.24, 2.45) is 0 Å². The smallest absolute Gasteiger partial charge is 0.387 e. The molecule has 1 aromatic heterocycles. The van der Waals surface area contributed by atoms with Crippen LogP contribution in [0.25, 0.3) is 5.57 Å². The standard InChI is InChI=1S/C19H14F2N3OS/c20-26(21)23-11-5-4-9-17(23)16(13-22)19-18(10-6-12-24(19)26)25-14-15-7-2-1-3-8-15/h1-12H,14H2/q+1. The highest BCUT2D eigenvalue weighted by Crippen LogP contribution is 2.58. The number of halogens is 2. The molecule has 3 heterocycles. The summed E-state index contributed by atoms with van der Waals surface area (Å²) < 4.78 is 37.7. The lowest BCUT2D eigenvalue weighted by Crippen LogP contribution is -2.48. The fourth-order valence-corrected chi connectivity index (χ4v) is 4.29. The Balaban J connectivity index is 1.83. The van der Waals surface area contributed by atoms with Gasteiger partial charge in [-0.15, -0.1) is 0 Å². The molecule has 26 heavy (non-hydrogen) atoms. The van der Waals surface area contributed by atoms with Gasteiger partial charge in [0.1, 0.15) is 12.7 Å². The van der Waals surface area contributed by atoms with E-state index in [1.54, 1.807) is 12.1 Å². The van der Waals surface area contributed by atoms with Crippen LogP contribution in [0, 0.1) is 11.3 Å². The zero-order valence-electron chi connectivity index (χ0n) is 13.5. The molecule has 0 N–H and O–H groups in total. The number of nitriles is 1. The Hall–Kier alpha value is -3.11. The fraction of sp³-hybridized carbons (Fsp3) is 0.0526. The second kappa shape index (κ2) is 6.32. The third-order valence-electron chi connectivity index (χ3n) is 4.06. The molecule has 2 aliphatic rings. The molecule has 4 nitrogen and oxygen atoms in total. The Morgan fingerprint density at radius 3 is 2.69 bits per heavy atom. The van der Waals surface area contributed by atoms with Crippen molar-refractivity contribution in [2.75, 3.05) is 0 Å². The molecule has 0 aliphatic carbocycles. The highest BCUT2D eigenvalue weighted by atomic mass is 32.3. The van der Waals surface area contributed by atoms with Crippen LogP contribution in [0.4, 0.5) is 7.77 Å². The quantitative estimate of drug-likeness (QED) is 0.750. The van der Waals surface area contributed by atoms with Gasteiger partial charge in [0.15, 0.2) is 17.5 Å². The van der Waals surface area contributed by atoms with Crippen molar-refractivity contribution < 1.29 is 16.5 Å². The lowest BCUT2D eigenvalue weighted by atomic mass is 10.1. The first kappa shape index (κ1) is 16.4. The van der Waals surface area contributed by atoms with Crippen LogP contribution in [0.3, 0.4) is 0 Å². The van der Waals surface area contributed by atoms with E-state index in [4.69, 9.17) is 4.74 Å². The SMILES string of the molecule is N#CC1=C2C=CC=CN2S(F)(F)[n+]2cccc(OCc3ccccc3)c21. The molecule has 0 amide bonds. The highest BCUT2D eigenvalue weighted by molar-refractivity contribution is 8.17. The van der Waals surface area contributed by atoms with E-state index in [0.29, 0.717) is 0 Å². The van der Waals surface area contributed by atoms with Crippen LogP contribution in [0.1, 0.15) is 11.3 Å². The Kier molecular flexibility index (Phi) is 3.98. The number of hydrogen-bond acceptors (Lipinski definition) is 3. The third kappa shape index (κ3) is 2.55. The van der Waals surface area contributed by atoms with Gasteiger partial charge in [0.2, 0.25) is 0 Å². The lowest BCUT2D eigenvalue weighted by Gasteiger charge is -2.33. The molecule has 0 saturated carbocycles. The van der Waals surface area contributed by atoms with Crippen LogP contribution in [0.5, 0.6) is 5.75 Å². The minimum Gasteiger partial charge on any atom is -0.482 e. The van der Waals surface area contributed by atoms with Gasteiger partial charge in [-0.1, -0.05) is 48.2 Å². The molecule has 1 aromatic carbocycles. The summed E-state index contributed by atoms with van der Waals surface area (Å²) in [6.07, 6.45) is 7.29. The minimum absolute atomic E-state index is 0.108. The fourth-order valence-electron chi connectivity index (χ4n) is 2.88. The first-order valence-electron chi connectivity index (χ1n) is 7.86. The molecule has 0 atom stereocenters. The molecular weight excluding hydrogens is 356 g/mol. The van der Waals surface area contributed by atoms with Gasteiger partial charge in [0.25, 0.3) is 5.69 Å². The van der Waals surface area contributed by atoms with Gasteiger partial charge in [-0.3, -0.25) is 0 Å². The molecule has 2 aliphatic heterocycles. The summed E-state index contributed by atoms with van der Waals surface area (Å²) >= 11 is -4.37. The largest absolute Gasteiger partial charge is 0.482 e. The Morgan fingerprint density at radius 2 is 1.92 bits per heavy atom. The minimum atomic E-state index is -4.37. The molecule has 7 heteroatoms. The topological polar surface area (TPSA) is 40.1 Å². The van der Waals surface area contributed by atoms with Gasteiger partial charge in [-0.25, -0.2) is 4.31 Å². The number of pyridine rings is 1. The Labute approximate surface area is 151 Å². The maximum Gasteiger partial charge on any atom is 0.387 e. The van der Waals surface area contributed by atoms with Gasteiger partial charge in [0, 0.05) is 12.3 Å². The predicted octanol–water partition coefficient (Wildman–Crippen LogP) is 4.44. The van der Waals surface area contributed by atoms with E-state index in [2.05, 4.69) is 6.07 Å². The van der Waals surface area contributed by atoms with Gasteiger partial charge in [0.05, 0.1) is 5.70 Å². The molecule has 130 valence electrons. The van der Waals surface area contributed by atoms with Crippen LogP contribution in [-0.4, -0.2) is 4.31 Å². The second-order valence-corrected chi connectivity index (χ2v) is 7.25. The molecule has 0 radical (unpaired) electrons. The summed E-state index contributed by atoms with van der Waals surface area (Å²) in [5.74, 6) is 0.259. The highest BCUT2D eigenvalue weighted by Gasteiger charge is 2.51. The maximum absolute atomic E-state index is 15.1. The van der Waals surface area contributed by atoms with Crippen molar-refractivity contribution >= 4 is 16.7 Å². The molecule has 0 unspecified atom stereocenters. The van der Waals surface area contributed by atoms with Crippen LogP contribution < -0.4 is 8.71 Å². The molecule has 0 spiro atoms. The van der Waals surface area contributed by atoms with Crippen LogP contribution in [-0.2, 0) is 6.61 Å². The summed E-state index contributed by atoms with van der Waals surface area (Å²) in [4.78, 5) is 0. The molecule has 0 fully saturated rings. The molecular formula is C19H14F2N3OS+. The van der Waals surface area contributed by atoms with Crippen LogP contribution in [0.2, 0.25) is 0 Å². The van der Waals surface area contributed by atoms with Crippen molar-refractivity contribution in [2.45, 2.75) is 6.61 Å². The summed E-state index contributed by atoms with van der Waals surface area (Å²) in [5.41, 5.74) is 1.37. The van der Waals surface area contributed by atoms with Gasteiger partial charge >= 0.3 is 11.2 Å². The average Bonchev–Trinajstić information content (AvgIpc) is 2.68. The number of aromatic nitrogens is 1. The molecule has 4 rings (SSSR count). The Bertz CT molecular complexity index is 994. The summed E-state index contributed by atoms with van der Waals surface area (Å²) in [6, 6.07) is 14.6. The van der Waals surface area contributed by atoms with E-state index >= 15 is 7.77 Å². The molecule has 2 aromatic rings. The van der Waals surface area contributed by atoms with Crippen LogP contribution in [0.15, 0.2) is 78.8 Å². The monoisotopic (exact) mass is 370 g/mol. The summed E-state index contributed by atoms with van der Waals surface area (Å²) in [6.45, 7) is 0.228. The number of allylic oxidation sites excluding steroid dienone is 4.